The van der Waals surface area contributed by atoms with E-state index >= 15 is 0 Å². The molecule has 0 bridgehead atoms. The highest BCUT2D eigenvalue weighted by atomic mass is 32.2. The van der Waals surface area contributed by atoms with Crippen LogP contribution in [-0.2, 0) is 4.79 Å². The number of nitro benzene ring substituents is 1. The van der Waals surface area contributed by atoms with Gasteiger partial charge in [0.25, 0.3) is 11.6 Å². The molecule has 0 aliphatic carbocycles. The van der Waals surface area contributed by atoms with E-state index in [1.54, 1.807) is 62.6 Å². The third kappa shape index (κ3) is 6.08. The van der Waals surface area contributed by atoms with Gasteiger partial charge in [0, 0.05) is 28.3 Å². The Morgan fingerprint density at radius 1 is 1.03 bits per heavy atom. The summed E-state index contributed by atoms with van der Waals surface area (Å²) in [7, 11) is 1.56. The van der Waals surface area contributed by atoms with Crippen molar-refractivity contribution in [1.29, 1.82) is 0 Å². The first-order valence-electron chi connectivity index (χ1n) is 9.59. The Labute approximate surface area is 189 Å². The number of carbonyl (C=O) groups is 2. The fourth-order valence-corrected chi connectivity index (χ4v) is 3.56. The number of nitrogens with one attached hydrogen (secondary N) is 2. The van der Waals surface area contributed by atoms with Crippen molar-refractivity contribution >= 4 is 40.6 Å². The van der Waals surface area contributed by atoms with Crippen LogP contribution in [0.1, 0.15) is 15.9 Å². The van der Waals surface area contributed by atoms with E-state index in [0.29, 0.717) is 22.7 Å². The van der Waals surface area contributed by atoms with Crippen molar-refractivity contribution in [3.05, 3.63) is 88.0 Å². The van der Waals surface area contributed by atoms with Crippen molar-refractivity contribution in [1.82, 2.24) is 0 Å². The first-order chi connectivity index (χ1) is 15.4. The Hall–Kier alpha value is -3.85. The van der Waals surface area contributed by atoms with E-state index in [0.717, 1.165) is 10.5 Å². The van der Waals surface area contributed by atoms with Crippen LogP contribution in [0, 0.1) is 17.0 Å². The molecule has 0 saturated heterocycles. The molecular weight excluding hydrogens is 430 g/mol. The average Bonchev–Trinajstić information content (AvgIpc) is 2.79. The summed E-state index contributed by atoms with van der Waals surface area (Å²) >= 11 is 1.29. The first-order valence-corrected chi connectivity index (χ1v) is 10.6. The fourth-order valence-electron chi connectivity index (χ4n) is 2.80. The van der Waals surface area contributed by atoms with Gasteiger partial charge in [0.05, 0.1) is 23.5 Å². The number of nitro groups is 1. The summed E-state index contributed by atoms with van der Waals surface area (Å²) in [5.41, 5.74) is 2.16. The second kappa shape index (κ2) is 10.5. The van der Waals surface area contributed by atoms with E-state index in [2.05, 4.69) is 10.6 Å². The standard InChI is InChI=1S/C23H21N3O5S/c1-15-6-9-18(26(29)30)13-21(15)25-22(27)14-32-20-5-3-4-17(12-20)24-23(28)16-7-10-19(31-2)11-8-16/h3-13H,14H2,1-2H3,(H,24,28)(H,25,27). The van der Waals surface area contributed by atoms with E-state index in [4.69, 9.17) is 4.74 Å². The molecule has 0 spiro atoms. The average molecular weight is 452 g/mol. The van der Waals surface area contributed by atoms with Crippen molar-refractivity contribution in [2.45, 2.75) is 11.8 Å². The number of non-ortho nitro benzene ring substituents is 1. The molecule has 8 nitrogen and oxygen atoms in total. The topological polar surface area (TPSA) is 111 Å². The number of nitrogens with zero attached hydrogens (tertiary/aromatic N) is 1. The minimum Gasteiger partial charge on any atom is -0.497 e. The summed E-state index contributed by atoms with van der Waals surface area (Å²) in [4.78, 5) is 36.0. The minimum atomic E-state index is -0.504. The Morgan fingerprint density at radius 3 is 2.47 bits per heavy atom. The van der Waals surface area contributed by atoms with Crippen LogP contribution in [0.4, 0.5) is 17.1 Å². The zero-order valence-corrected chi connectivity index (χ0v) is 18.3. The fraction of sp³-hybridized carbons (Fsp3) is 0.130. The summed E-state index contributed by atoms with van der Waals surface area (Å²) in [5, 5.41) is 16.5. The molecule has 0 aliphatic rings. The number of aryl methyl sites for hydroxylation is 1. The summed E-state index contributed by atoms with van der Waals surface area (Å²) in [5.74, 6) is 0.233. The molecule has 0 fully saturated rings. The van der Waals surface area contributed by atoms with Gasteiger partial charge in [-0.25, -0.2) is 0 Å². The van der Waals surface area contributed by atoms with Gasteiger partial charge < -0.3 is 15.4 Å². The number of ether oxygens (including phenoxy) is 1. The smallest absolute Gasteiger partial charge is 0.271 e. The molecule has 3 aromatic carbocycles. The van der Waals surface area contributed by atoms with Gasteiger partial charge in [-0.1, -0.05) is 12.1 Å². The third-order valence-corrected chi connectivity index (χ3v) is 5.51. The summed E-state index contributed by atoms with van der Waals surface area (Å²) in [6.45, 7) is 1.77. The SMILES string of the molecule is COc1ccc(C(=O)Nc2cccc(SCC(=O)Nc3cc([N+](=O)[O-])ccc3C)c2)cc1. The molecule has 2 N–H and O–H groups in total. The maximum atomic E-state index is 12.4. The molecule has 3 rings (SSSR count). The van der Waals surface area contributed by atoms with Gasteiger partial charge in [-0.2, -0.15) is 0 Å². The van der Waals surface area contributed by atoms with Gasteiger partial charge in [0.2, 0.25) is 5.91 Å². The van der Waals surface area contributed by atoms with Crippen LogP contribution in [0.15, 0.2) is 71.6 Å². The molecule has 0 heterocycles. The predicted octanol–water partition coefficient (Wildman–Crippen LogP) is 4.89. The highest BCUT2D eigenvalue weighted by Crippen LogP contribution is 2.25. The van der Waals surface area contributed by atoms with E-state index in [9.17, 15) is 19.7 Å². The molecule has 0 aliphatic heterocycles. The molecule has 3 aromatic rings. The highest BCUT2D eigenvalue weighted by Gasteiger charge is 2.12. The van der Waals surface area contributed by atoms with Crippen LogP contribution in [-0.4, -0.2) is 29.6 Å². The lowest BCUT2D eigenvalue weighted by Crippen LogP contribution is -2.15. The van der Waals surface area contributed by atoms with Crippen LogP contribution in [0.3, 0.4) is 0 Å². The lowest BCUT2D eigenvalue weighted by molar-refractivity contribution is -0.384. The monoisotopic (exact) mass is 451 g/mol. The maximum Gasteiger partial charge on any atom is 0.271 e. The third-order valence-electron chi connectivity index (χ3n) is 4.52. The zero-order chi connectivity index (χ0) is 23.1. The van der Waals surface area contributed by atoms with Crippen LogP contribution in [0.2, 0.25) is 0 Å². The summed E-state index contributed by atoms with van der Waals surface area (Å²) in [6, 6.07) is 18.3. The van der Waals surface area contributed by atoms with Crippen LogP contribution < -0.4 is 15.4 Å². The number of carbonyl (C=O) groups excluding carboxylic acids is 2. The number of methoxy groups -OCH3 is 1. The number of hydrogen-bond acceptors (Lipinski definition) is 6. The van der Waals surface area contributed by atoms with Crippen molar-refractivity contribution in [3.63, 3.8) is 0 Å². The predicted molar refractivity (Wildman–Crippen MR) is 125 cm³/mol. The lowest BCUT2D eigenvalue weighted by Gasteiger charge is -2.09. The molecule has 0 aromatic heterocycles. The van der Waals surface area contributed by atoms with E-state index in [1.165, 1.54) is 23.9 Å². The Bertz CT molecular complexity index is 1150. The Morgan fingerprint density at radius 2 is 1.78 bits per heavy atom. The lowest BCUT2D eigenvalue weighted by atomic mass is 10.2. The second-order valence-electron chi connectivity index (χ2n) is 6.80. The first kappa shape index (κ1) is 22.8. The number of amides is 2. The van der Waals surface area contributed by atoms with Crippen molar-refractivity contribution < 1.29 is 19.2 Å². The molecule has 0 atom stereocenters. The molecular formula is C23H21N3O5S. The number of hydrogen-bond donors (Lipinski definition) is 2. The largest absolute Gasteiger partial charge is 0.497 e. The minimum absolute atomic E-state index is 0.0844. The highest BCUT2D eigenvalue weighted by molar-refractivity contribution is 8.00. The van der Waals surface area contributed by atoms with Crippen molar-refractivity contribution in [3.8, 4) is 5.75 Å². The van der Waals surface area contributed by atoms with Crippen molar-refractivity contribution in [2.24, 2.45) is 0 Å². The Balaban J connectivity index is 1.58. The van der Waals surface area contributed by atoms with Gasteiger partial charge >= 0.3 is 0 Å². The van der Waals surface area contributed by atoms with Crippen LogP contribution in [0.5, 0.6) is 5.75 Å². The molecule has 164 valence electrons. The number of rotatable bonds is 8. The van der Waals surface area contributed by atoms with Crippen molar-refractivity contribution in [2.75, 3.05) is 23.5 Å². The van der Waals surface area contributed by atoms with Crippen LogP contribution >= 0.6 is 11.8 Å². The molecule has 32 heavy (non-hydrogen) atoms. The van der Waals surface area contributed by atoms with Gasteiger partial charge in [-0.05, 0) is 55.0 Å². The van der Waals surface area contributed by atoms with Crippen LogP contribution in [0.25, 0.3) is 0 Å². The molecule has 2 amide bonds. The van der Waals surface area contributed by atoms with E-state index < -0.39 is 4.92 Å². The number of thioether (sulfide) groups is 1. The maximum absolute atomic E-state index is 12.4. The normalized spacial score (nSPS) is 10.3. The van der Waals surface area contributed by atoms with Gasteiger partial charge in [-0.3, -0.25) is 19.7 Å². The van der Waals surface area contributed by atoms with E-state index in [-0.39, 0.29) is 23.3 Å². The Kier molecular flexibility index (Phi) is 7.45. The summed E-state index contributed by atoms with van der Waals surface area (Å²) < 4.78 is 5.09. The number of benzene rings is 3. The summed E-state index contributed by atoms with van der Waals surface area (Å²) in [6.07, 6.45) is 0. The van der Waals surface area contributed by atoms with E-state index in [1.807, 2.05) is 6.07 Å². The second-order valence-corrected chi connectivity index (χ2v) is 7.85. The molecule has 0 saturated carbocycles. The van der Waals surface area contributed by atoms with Gasteiger partial charge in [0.15, 0.2) is 0 Å². The van der Waals surface area contributed by atoms with Gasteiger partial charge in [0.1, 0.15) is 5.75 Å². The number of anilines is 2. The quantitative estimate of drug-likeness (QED) is 0.286. The molecule has 9 heteroatoms. The van der Waals surface area contributed by atoms with Gasteiger partial charge in [-0.15, -0.1) is 11.8 Å². The molecule has 0 unspecified atom stereocenters. The zero-order valence-electron chi connectivity index (χ0n) is 17.5. The molecule has 0 radical (unpaired) electrons.